The molecule has 0 aliphatic carbocycles. The second-order valence-corrected chi connectivity index (χ2v) is 12.9. The molecule has 0 spiro atoms. The SMILES string of the molecule is CC(C)C[Si](O)(CC(C)C)CC(C)C.CCCCO.CCCCO.CCCCO.[Zr]. The Morgan fingerprint density at radius 3 is 0.800 bits per heavy atom. The predicted octanol–water partition coefficient (Wildman–Crippen LogP) is 6.23. The molecule has 0 radical (unpaired) electrons. The van der Waals surface area contributed by atoms with Gasteiger partial charge in [-0.3, -0.25) is 0 Å². The van der Waals surface area contributed by atoms with Crippen LogP contribution in [0.1, 0.15) is 101 Å². The van der Waals surface area contributed by atoms with Crippen molar-refractivity contribution in [2.24, 2.45) is 17.8 Å². The van der Waals surface area contributed by atoms with Crippen LogP contribution in [-0.2, 0) is 26.2 Å². The van der Waals surface area contributed by atoms with Crippen LogP contribution in [0.15, 0.2) is 0 Å². The van der Waals surface area contributed by atoms with E-state index in [2.05, 4.69) is 62.3 Å². The van der Waals surface area contributed by atoms with Crippen molar-refractivity contribution in [2.45, 2.75) is 119 Å². The van der Waals surface area contributed by atoms with Gasteiger partial charge in [-0.1, -0.05) is 81.6 Å². The van der Waals surface area contributed by atoms with Gasteiger partial charge in [-0.2, -0.15) is 0 Å². The summed E-state index contributed by atoms with van der Waals surface area (Å²) in [5.41, 5.74) is 0. The number of aliphatic hydroxyl groups excluding tert-OH is 3. The Kier molecular flexibility index (Phi) is 44.1. The van der Waals surface area contributed by atoms with Gasteiger partial charge in [0, 0.05) is 46.0 Å². The fourth-order valence-corrected chi connectivity index (χ4v) is 8.06. The van der Waals surface area contributed by atoms with Crippen LogP contribution in [0, 0.1) is 17.8 Å². The van der Waals surface area contributed by atoms with Crippen LogP contribution in [0.5, 0.6) is 0 Å². The largest absolute Gasteiger partial charge is 0.432 e. The first-order valence-electron chi connectivity index (χ1n) is 12.0. The summed E-state index contributed by atoms with van der Waals surface area (Å²) in [4.78, 5) is 10.7. The molecule has 0 aromatic heterocycles. The zero-order valence-electron chi connectivity index (χ0n) is 22.0. The molecular weight excluding hydrogens is 472 g/mol. The minimum atomic E-state index is -1.94. The van der Waals surface area contributed by atoms with Crippen LogP contribution < -0.4 is 0 Å². The van der Waals surface area contributed by atoms with Crippen molar-refractivity contribution in [3.05, 3.63) is 0 Å². The molecule has 0 aromatic carbocycles. The second-order valence-electron chi connectivity index (χ2n) is 9.25. The summed E-state index contributed by atoms with van der Waals surface area (Å²) in [7, 11) is -1.94. The third-order valence-corrected chi connectivity index (χ3v) is 8.63. The van der Waals surface area contributed by atoms with E-state index in [0.29, 0.717) is 37.6 Å². The van der Waals surface area contributed by atoms with Gasteiger partial charge in [0.25, 0.3) is 0 Å². The van der Waals surface area contributed by atoms with E-state index < -0.39 is 8.32 Å². The Labute approximate surface area is 210 Å². The molecule has 186 valence electrons. The van der Waals surface area contributed by atoms with Crippen LogP contribution >= 0.6 is 0 Å². The van der Waals surface area contributed by atoms with Gasteiger partial charge < -0.3 is 20.1 Å². The maximum Gasteiger partial charge on any atom is 0.189 e. The quantitative estimate of drug-likeness (QED) is 0.226. The Balaban J connectivity index is -0.000000108. The first kappa shape index (κ1) is 41.2. The smallest absolute Gasteiger partial charge is 0.189 e. The standard InChI is InChI=1S/C12H28OSi.3C4H10O.Zr/c1-10(2)7-14(13,8-11(3)4)9-12(5)6;3*1-2-3-4-5;/h10-13H,7-9H2,1-6H3;3*5H,2-4H2,1H3;. The Bertz CT molecular complexity index is 231. The molecule has 0 saturated heterocycles. The number of hydrogen-bond acceptors (Lipinski definition) is 4. The topological polar surface area (TPSA) is 80.9 Å². The fraction of sp³-hybridized carbons (Fsp3) is 1.00. The first-order valence-corrected chi connectivity index (χ1v) is 14.6. The van der Waals surface area contributed by atoms with Gasteiger partial charge in [-0.05, 0) is 55.1 Å². The van der Waals surface area contributed by atoms with Gasteiger partial charge >= 0.3 is 0 Å². The van der Waals surface area contributed by atoms with Crippen molar-refractivity contribution >= 4 is 8.32 Å². The fourth-order valence-electron chi connectivity index (χ4n) is 3.00. The molecule has 4 N–H and O–H groups in total. The average Bonchev–Trinajstić information content (AvgIpc) is 2.56. The van der Waals surface area contributed by atoms with Gasteiger partial charge in [-0.15, -0.1) is 0 Å². The molecular formula is C24H58O4SiZr. The zero-order valence-corrected chi connectivity index (χ0v) is 25.5. The molecule has 0 amide bonds. The molecule has 0 aliphatic heterocycles. The van der Waals surface area contributed by atoms with E-state index in [1.165, 1.54) is 0 Å². The van der Waals surface area contributed by atoms with E-state index in [0.717, 1.165) is 56.7 Å². The van der Waals surface area contributed by atoms with E-state index in [4.69, 9.17) is 15.3 Å². The Morgan fingerprint density at radius 1 is 0.533 bits per heavy atom. The summed E-state index contributed by atoms with van der Waals surface area (Å²) in [5.74, 6) is 1.93. The summed E-state index contributed by atoms with van der Waals surface area (Å²) in [6.45, 7) is 20.5. The van der Waals surface area contributed by atoms with Gasteiger partial charge in [0.05, 0.1) is 0 Å². The van der Waals surface area contributed by atoms with E-state index in [1.54, 1.807) is 0 Å². The third kappa shape index (κ3) is 46.9. The second kappa shape index (κ2) is 32.1. The van der Waals surface area contributed by atoms with Gasteiger partial charge in [-0.25, -0.2) is 0 Å². The Morgan fingerprint density at radius 2 is 0.733 bits per heavy atom. The molecule has 4 nitrogen and oxygen atoms in total. The van der Waals surface area contributed by atoms with E-state index in [-0.39, 0.29) is 26.2 Å². The summed E-state index contributed by atoms with van der Waals surface area (Å²) in [5, 5.41) is 24.2. The summed E-state index contributed by atoms with van der Waals surface area (Å²) in [6.07, 6.45) is 6.11. The monoisotopic (exact) mass is 528 g/mol. The van der Waals surface area contributed by atoms with Crippen LogP contribution in [0.4, 0.5) is 0 Å². The number of hydrogen-bond donors (Lipinski definition) is 4. The van der Waals surface area contributed by atoms with Crippen LogP contribution in [0.2, 0.25) is 18.1 Å². The van der Waals surface area contributed by atoms with Gasteiger partial charge in [0.15, 0.2) is 8.32 Å². The molecule has 0 fully saturated rings. The molecule has 0 aromatic rings. The van der Waals surface area contributed by atoms with E-state index >= 15 is 0 Å². The molecule has 0 atom stereocenters. The predicted molar refractivity (Wildman–Crippen MR) is 133 cm³/mol. The zero-order chi connectivity index (χ0) is 23.7. The van der Waals surface area contributed by atoms with Crippen LogP contribution in [0.25, 0.3) is 0 Å². The first-order chi connectivity index (χ1) is 13.5. The summed E-state index contributed by atoms with van der Waals surface area (Å²) >= 11 is 0. The number of rotatable bonds is 12. The minimum Gasteiger partial charge on any atom is -0.432 e. The molecule has 0 bridgehead atoms. The van der Waals surface area contributed by atoms with Crippen molar-refractivity contribution in [2.75, 3.05) is 19.8 Å². The summed E-state index contributed by atoms with van der Waals surface area (Å²) < 4.78 is 0. The maximum atomic E-state index is 10.7. The normalized spacial score (nSPS) is 10.4. The summed E-state index contributed by atoms with van der Waals surface area (Å²) in [6, 6.07) is 3.22. The molecule has 6 heteroatoms. The average molecular weight is 530 g/mol. The van der Waals surface area contributed by atoms with Crippen molar-refractivity contribution in [3.8, 4) is 0 Å². The van der Waals surface area contributed by atoms with Crippen LogP contribution in [-0.4, -0.2) is 48.3 Å². The van der Waals surface area contributed by atoms with Gasteiger partial charge in [0.1, 0.15) is 0 Å². The molecule has 0 saturated carbocycles. The minimum absolute atomic E-state index is 0. The van der Waals surface area contributed by atoms with Gasteiger partial charge in [0.2, 0.25) is 0 Å². The van der Waals surface area contributed by atoms with E-state index in [1.807, 2.05) is 0 Å². The molecule has 0 heterocycles. The number of unbranched alkanes of at least 4 members (excludes halogenated alkanes) is 3. The van der Waals surface area contributed by atoms with Crippen molar-refractivity contribution in [3.63, 3.8) is 0 Å². The van der Waals surface area contributed by atoms with E-state index in [9.17, 15) is 4.80 Å². The van der Waals surface area contributed by atoms with Crippen molar-refractivity contribution in [1.29, 1.82) is 0 Å². The molecule has 30 heavy (non-hydrogen) atoms. The third-order valence-electron chi connectivity index (χ3n) is 3.90. The van der Waals surface area contributed by atoms with Crippen molar-refractivity contribution in [1.82, 2.24) is 0 Å². The molecule has 0 unspecified atom stereocenters. The Hall–Kier alpha value is 0.940. The number of aliphatic hydroxyl groups is 3. The molecule has 0 rings (SSSR count). The maximum absolute atomic E-state index is 10.7. The molecule has 0 aliphatic rings. The van der Waals surface area contributed by atoms with Crippen molar-refractivity contribution < 1.29 is 46.3 Å². The van der Waals surface area contributed by atoms with Crippen LogP contribution in [0.3, 0.4) is 0 Å².